The molecule has 0 radical (unpaired) electrons. The molecule has 0 heterocycles. The summed E-state index contributed by atoms with van der Waals surface area (Å²) in [7, 11) is -4.12. The molecule has 1 fully saturated rings. The number of phosphoric acid groups is 1. The van der Waals surface area contributed by atoms with Gasteiger partial charge < -0.3 is 10.00 Å². The first-order valence-corrected chi connectivity index (χ1v) is 12.7. The van der Waals surface area contributed by atoms with Gasteiger partial charge in [-0.2, -0.15) is 0 Å². The lowest BCUT2D eigenvalue weighted by Crippen LogP contribution is -2.36. The van der Waals surface area contributed by atoms with Gasteiger partial charge in [0.25, 0.3) is 0 Å². The van der Waals surface area contributed by atoms with Gasteiger partial charge in [0.15, 0.2) is 0 Å². The van der Waals surface area contributed by atoms with E-state index in [1.165, 1.54) is 11.1 Å². The van der Waals surface area contributed by atoms with Crippen molar-refractivity contribution in [3.63, 3.8) is 0 Å². The maximum Gasteiger partial charge on any atom is 0.472 e. The summed E-state index contributed by atoms with van der Waals surface area (Å²) in [6.45, 7) is 0.0890. The van der Waals surface area contributed by atoms with Crippen molar-refractivity contribution in [2.45, 2.75) is 75.7 Å². The summed E-state index contributed by atoms with van der Waals surface area (Å²) in [5.41, 5.74) is 2.55. The topological polar surface area (TPSA) is 93.1 Å². The van der Waals surface area contributed by atoms with E-state index in [2.05, 4.69) is 42.5 Å². The van der Waals surface area contributed by atoms with Crippen molar-refractivity contribution in [2.24, 2.45) is 0 Å². The van der Waals surface area contributed by atoms with E-state index in [-0.39, 0.29) is 24.5 Å². The summed E-state index contributed by atoms with van der Waals surface area (Å²) >= 11 is 0. The first-order valence-electron chi connectivity index (χ1n) is 11.2. The van der Waals surface area contributed by atoms with Crippen molar-refractivity contribution < 1.29 is 28.4 Å². The van der Waals surface area contributed by atoms with E-state index in [1.54, 1.807) is 0 Å². The molecule has 0 aliphatic heterocycles. The summed E-state index contributed by atoms with van der Waals surface area (Å²) in [6.07, 6.45) is 13.5. The lowest BCUT2D eigenvalue weighted by atomic mass is 9.63. The second kappa shape index (κ2) is 11.2. The molecule has 1 saturated carbocycles. The van der Waals surface area contributed by atoms with Crippen LogP contribution < -0.4 is 0 Å². The van der Waals surface area contributed by atoms with Crippen molar-refractivity contribution in [1.82, 2.24) is 0 Å². The molecular formula is C24H33O6P. The molecule has 2 aliphatic carbocycles. The van der Waals surface area contributed by atoms with E-state index in [9.17, 15) is 14.3 Å². The van der Waals surface area contributed by atoms with E-state index in [0.717, 1.165) is 25.7 Å². The highest BCUT2D eigenvalue weighted by atomic mass is 31.2. The SMILES string of the molecule is O=C(O)CCCCCOP(=O)(O)OC1CCC(C2=CCCC=C2)(c2ccccc2)CC1. The molecule has 31 heavy (non-hydrogen) atoms. The Morgan fingerprint density at radius 1 is 1.10 bits per heavy atom. The fourth-order valence-corrected chi connectivity index (χ4v) is 5.62. The monoisotopic (exact) mass is 448 g/mol. The first-order chi connectivity index (χ1) is 14.9. The van der Waals surface area contributed by atoms with Crippen molar-refractivity contribution in [2.75, 3.05) is 6.61 Å². The maximum atomic E-state index is 12.4. The number of carboxylic acids is 1. The van der Waals surface area contributed by atoms with Crippen molar-refractivity contribution in [1.29, 1.82) is 0 Å². The highest BCUT2D eigenvalue weighted by molar-refractivity contribution is 7.47. The molecule has 1 aromatic rings. The Bertz CT molecular complexity index is 824. The van der Waals surface area contributed by atoms with Crippen LogP contribution in [-0.2, 0) is 23.8 Å². The minimum Gasteiger partial charge on any atom is -0.481 e. The minimum atomic E-state index is -4.12. The molecule has 0 amide bonds. The summed E-state index contributed by atoms with van der Waals surface area (Å²) in [5.74, 6) is -0.833. The molecule has 1 atom stereocenters. The largest absolute Gasteiger partial charge is 0.481 e. The third-order valence-corrected chi connectivity index (χ3v) is 7.31. The van der Waals surface area contributed by atoms with E-state index < -0.39 is 13.8 Å². The third kappa shape index (κ3) is 6.88. The van der Waals surface area contributed by atoms with E-state index >= 15 is 0 Å². The lowest BCUT2D eigenvalue weighted by molar-refractivity contribution is -0.137. The van der Waals surface area contributed by atoms with Crippen LogP contribution in [0.2, 0.25) is 0 Å². The number of allylic oxidation sites excluding steroid dienone is 4. The fourth-order valence-electron chi connectivity index (χ4n) is 4.61. The highest BCUT2D eigenvalue weighted by Gasteiger charge is 2.41. The van der Waals surface area contributed by atoms with Crippen LogP contribution in [0.15, 0.2) is 54.1 Å². The van der Waals surface area contributed by atoms with Gasteiger partial charge in [-0.15, -0.1) is 0 Å². The number of carboxylic acid groups (broad SMARTS) is 1. The Kier molecular flexibility index (Phi) is 8.67. The molecule has 1 unspecified atom stereocenters. The predicted octanol–water partition coefficient (Wildman–Crippen LogP) is 5.92. The number of hydrogen-bond acceptors (Lipinski definition) is 4. The predicted molar refractivity (Wildman–Crippen MR) is 120 cm³/mol. The number of carbonyl (C=O) groups is 1. The van der Waals surface area contributed by atoms with Crippen LogP contribution in [0.3, 0.4) is 0 Å². The summed E-state index contributed by atoms with van der Waals surface area (Å²) in [6, 6.07) is 10.5. The Balaban J connectivity index is 1.54. The van der Waals surface area contributed by atoms with E-state index in [4.69, 9.17) is 14.2 Å². The third-order valence-electron chi connectivity index (χ3n) is 6.23. The number of rotatable bonds is 11. The summed E-state index contributed by atoms with van der Waals surface area (Å²) in [4.78, 5) is 20.6. The van der Waals surface area contributed by atoms with Gasteiger partial charge in [0.2, 0.25) is 0 Å². The number of phosphoric ester groups is 1. The number of hydrogen-bond donors (Lipinski definition) is 2. The van der Waals surface area contributed by atoms with Gasteiger partial charge in [-0.25, -0.2) is 4.57 Å². The summed E-state index contributed by atoms with van der Waals surface area (Å²) < 4.78 is 23.0. The minimum absolute atomic E-state index is 0.0809. The van der Waals surface area contributed by atoms with Crippen LogP contribution >= 0.6 is 7.82 Å². The molecule has 7 heteroatoms. The normalized spacial score (nSPS) is 25.6. The smallest absolute Gasteiger partial charge is 0.472 e. The second-order valence-corrected chi connectivity index (χ2v) is 9.80. The van der Waals surface area contributed by atoms with Crippen molar-refractivity contribution in [3.05, 3.63) is 59.7 Å². The molecule has 6 nitrogen and oxygen atoms in total. The molecule has 170 valence electrons. The van der Waals surface area contributed by atoms with Crippen molar-refractivity contribution in [3.8, 4) is 0 Å². The molecule has 0 saturated heterocycles. The van der Waals surface area contributed by atoms with Crippen LogP contribution in [0.4, 0.5) is 0 Å². The zero-order valence-corrected chi connectivity index (χ0v) is 18.8. The first kappa shape index (κ1) is 23.9. The standard InChI is InChI=1S/C24H33O6P/c25-23(26)14-8-3-9-19-29-31(27,28)30-22-15-17-24(18-16-22,20-10-4-1-5-11-20)21-12-6-2-7-13-21/h1,4-6,10-13,22H,2-3,7-9,14-19H2,(H,25,26)(H,27,28). The van der Waals surface area contributed by atoms with Gasteiger partial charge in [0.1, 0.15) is 0 Å². The Morgan fingerprint density at radius 3 is 2.48 bits per heavy atom. The molecule has 2 aliphatic rings. The van der Waals surface area contributed by atoms with Gasteiger partial charge in [0, 0.05) is 11.8 Å². The van der Waals surface area contributed by atoms with Gasteiger partial charge in [-0.1, -0.05) is 55.0 Å². The number of aliphatic carboxylic acids is 1. The van der Waals surface area contributed by atoms with Crippen LogP contribution in [0.1, 0.15) is 69.8 Å². The van der Waals surface area contributed by atoms with E-state index in [0.29, 0.717) is 32.1 Å². The van der Waals surface area contributed by atoms with Crippen LogP contribution in [0.5, 0.6) is 0 Å². The Hall–Kier alpha value is -1.72. The zero-order chi connectivity index (χ0) is 22.2. The summed E-state index contributed by atoms with van der Waals surface area (Å²) in [5, 5.41) is 8.63. The van der Waals surface area contributed by atoms with Gasteiger partial charge in [-0.05, 0) is 62.5 Å². The van der Waals surface area contributed by atoms with E-state index in [1.807, 2.05) is 6.07 Å². The Labute approximate surface area is 184 Å². The quantitative estimate of drug-likeness (QED) is 0.322. The lowest BCUT2D eigenvalue weighted by Gasteiger charge is -2.42. The van der Waals surface area contributed by atoms with Crippen LogP contribution in [0.25, 0.3) is 0 Å². The van der Waals surface area contributed by atoms with Gasteiger partial charge >= 0.3 is 13.8 Å². The van der Waals surface area contributed by atoms with Gasteiger partial charge in [0.05, 0.1) is 12.7 Å². The molecule has 1 aromatic carbocycles. The molecule has 2 N–H and O–H groups in total. The fraction of sp³-hybridized carbons (Fsp3) is 0.542. The molecule has 0 aromatic heterocycles. The van der Waals surface area contributed by atoms with Crippen LogP contribution in [-0.4, -0.2) is 28.7 Å². The van der Waals surface area contributed by atoms with Crippen molar-refractivity contribution >= 4 is 13.8 Å². The average Bonchev–Trinajstić information content (AvgIpc) is 2.77. The molecular weight excluding hydrogens is 415 g/mol. The Morgan fingerprint density at radius 2 is 1.84 bits per heavy atom. The van der Waals surface area contributed by atoms with Gasteiger partial charge in [-0.3, -0.25) is 13.8 Å². The number of benzene rings is 1. The average molecular weight is 448 g/mol. The maximum absolute atomic E-state index is 12.4. The molecule has 3 rings (SSSR count). The second-order valence-electron chi connectivity index (χ2n) is 8.40. The molecule has 0 spiro atoms. The zero-order valence-electron chi connectivity index (χ0n) is 17.9. The number of unbranched alkanes of at least 4 members (excludes halogenated alkanes) is 2. The highest BCUT2D eigenvalue weighted by Crippen LogP contribution is 2.51. The molecule has 0 bridgehead atoms. The van der Waals surface area contributed by atoms with Crippen LogP contribution in [0, 0.1) is 0 Å².